The molecule has 1 aliphatic heterocycles. The van der Waals surface area contributed by atoms with E-state index in [2.05, 4.69) is 27.6 Å². The van der Waals surface area contributed by atoms with Gasteiger partial charge in [-0.15, -0.1) is 10.2 Å². The number of benzene rings is 3. The molecule has 0 fully saturated rings. The minimum absolute atomic E-state index is 0.138. The van der Waals surface area contributed by atoms with Gasteiger partial charge in [-0.1, -0.05) is 66.4 Å². The van der Waals surface area contributed by atoms with Gasteiger partial charge in [0.2, 0.25) is 12.6 Å². The second-order valence-corrected chi connectivity index (χ2v) is 9.61. The number of nitrogens with zero attached hydrogens (tertiary/aromatic N) is 3. The number of fused-ring (bicyclic) bond motifs is 1. The topological polar surface area (TPSA) is 91.4 Å². The molecule has 0 spiro atoms. The predicted molar refractivity (Wildman–Crippen MR) is 143 cm³/mol. The minimum atomic E-state index is -0.138. The van der Waals surface area contributed by atoms with Crippen molar-refractivity contribution in [1.82, 2.24) is 20.1 Å². The fourth-order valence-electron chi connectivity index (χ4n) is 4.23. The van der Waals surface area contributed by atoms with Crippen LogP contribution in [0.1, 0.15) is 27.0 Å². The van der Waals surface area contributed by atoms with Crippen molar-refractivity contribution in [2.75, 3.05) is 6.79 Å². The highest BCUT2D eigenvalue weighted by Crippen LogP contribution is 2.32. The molecule has 9 heteroatoms. The number of hydrogen-bond donors (Lipinski definition) is 1. The predicted octanol–water partition coefficient (Wildman–Crippen LogP) is 5.54. The third-order valence-electron chi connectivity index (χ3n) is 6.15. The first-order valence-corrected chi connectivity index (χ1v) is 13.1. The van der Waals surface area contributed by atoms with E-state index >= 15 is 0 Å². The molecule has 38 heavy (non-hydrogen) atoms. The summed E-state index contributed by atoms with van der Waals surface area (Å²) < 4.78 is 18.5. The van der Waals surface area contributed by atoms with Crippen molar-refractivity contribution >= 4 is 17.7 Å². The van der Waals surface area contributed by atoms with Crippen LogP contribution >= 0.6 is 11.8 Å². The number of ether oxygens (including phenoxy) is 2. The standard InChI is InChI=1S/C29H24N4O4S/c34-28(30-16-21-12-13-24-26(15-21)37-19-36-24)23-10-5-4-9-22(23)18-38-29-32-31-27(25-11-6-14-35-25)33(29)17-20-7-2-1-3-8-20/h1-15H,16-19H2,(H,30,34). The van der Waals surface area contributed by atoms with Gasteiger partial charge in [-0.05, 0) is 47.0 Å². The third kappa shape index (κ3) is 5.14. The Bertz CT molecular complexity index is 1550. The van der Waals surface area contributed by atoms with Crippen molar-refractivity contribution < 1.29 is 18.7 Å². The minimum Gasteiger partial charge on any atom is -0.461 e. The van der Waals surface area contributed by atoms with Gasteiger partial charge < -0.3 is 19.2 Å². The molecule has 8 nitrogen and oxygen atoms in total. The van der Waals surface area contributed by atoms with Crippen LogP contribution < -0.4 is 14.8 Å². The lowest BCUT2D eigenvalue weighted by Gasteiger charge is -2.12. The monoisotopic (exact) mass is 524 g/mol. The zero-order valence-electron chi connectivity index (χ0n) is 20.4. The van der Waals surface area contributed by atoms with E-state index in [1.54, 1.807) is 6.26 Å². The number of carbonyl (C=O) groups is 1. The first kappa shape index (κ1) is 23.9. The molecule has 1 N–H and O–H groups in total. The molecule has 1 aliphatic rings. The second-order valence-electron chi connectivity index (χ2n) is 8.67. The number of thioether (sulfide) groups is 1. The van der Waals surface area contributed by atoms with Gasteiger partial charge in [0.05, 0.1) is 12.8 Å². The summed E-state index contributed by atoms with van der Waals surface area (Å²) in [6.45, 7) is 1.21. The number of aromatic nitrogens is 3. The maximum absolute atomic E-state index is 13.1. The van der Waals surface area contributed by atoms with Crippen LogP contribution in [0.5, 0.6) is 11.5 Å². The summed E-state index contributed by atoms with van der Waals surface area (Å²) >= 11 is 1.53. The number of amides is 1. The van der Waals surface area contributed by atoms with Crippen LogP contribution in [-0.4, -0.2) is 27.5 Å². The Balaban J connectivity index is 1.18. The van der Waals surface area contributed by atoms with E-state index < -0.39 is 0 Å². The number of carbonyl (C=O) groups excluding carboxylic acids is 1. The maximum atomic E-state index is 13.1. The van der Waals surface area contributed by atoms with Gasteiger partial charge in [-0.2, -0.15) is 0 Å². The fourth-order valence-corrected chi connectivity index (χ4v) is 5.17. The number of hydrogen-bond acceptors (Lipinski definition) is 7. The third-order valence-corrected chi connectivity index (χ3v) is 7.17. The van der Waals surface area contributed by atoms with Crippen LogP contribution in [-0.2, 0) is 18.8 Å². The van der Waals surface area contributed by atoms with E-state index in [0.29, 0.717) is 41.7 Å². The van der Waals surface area contributed by atoms with Gasteiger partial charge in [0.25, 0.3) is 5.91 Å². The van der Waals surface area contributed by atoms with Crippen LogP contribution in [0, 0.1) is 0 Å². The summed E-state index contributed by atoms with van der Waals surface area (Å²) in [7, 11) is 0. The smallest absolute Gasteiger partial charge is 0.251 e. The molecule has 1 amide bonds. The molecule has 0 bridgehead atoms. The molecule has 3 aromatic carbocycles. The average molecular weight is 525 g/mol. The van der Waals surface area contributed by atoms with Gasteiger partial charge in [-0.3, -0.25) is 9.36 Å². The Morgan fingerprint density at radius 1 is 0.895 bits per heavy atom. The molecule has 0 radical (unpaired) electrons. The molecule has 0 atom stereocenters. The molecule has 0 unspecified atom stereocenters. The van der Waals surface area contributed by atoms with E-state index in [9.17, 15) is 4.79 Å². The van der Waals surface area contributed by atoms with Crippen LogP contribution in [0.3, 0.4) is 0 Å². The second kappa shape index (κ2) is 10.9. The summed E-state index contributed by atoms with van der Waals surface area (Å²) in [5.74, 6) is 3.15. The summed E-state index contributed by atoms with van der Waals surface area (Å²) in [5, 5.41) is 12.6. The van der Waals surface area contributed by atoms with Gasteiger partial charge in [0.1, 0.15) is 0 Å². The first-order chi connectivity index (χ1) is 18.7. The Morgan fingerprint density at radius 3 is 2.61 bits per heavy atom. The molecular formula is C29H24N4O4S. The van der Waals surface area contributed by atoms with E-state index in [4.69, 9.17) is 13.9 Å². The van der Waals surface area contributed by atoms with E-state index in [1.165, 1.54) is 11.8 Å². The highest BCUT2D eigenvalue weighted by atomic mass is 32.2. The van der Waals surface area contributed by atoms with Crippen LogP contribution in [0.15, 0.2) is 101 Å². The van der Waals surface area contributed by atoms with Gasteiger partial charge in [0.15, 0.2) is 22.4 Å². The highest BCUT2D eigenvalue weighted by molar-refractivity contribution is 7.98. The Labute approximate surface area is 223 Å². The van der Waals surface area contributed by atoms with Crippen LogP contribution in [0.2, 0.25) is 0 Å². The summed E-state index contributed by atoms with van der Waals surface area (Å²) in [4.78, 5) is 13.1. The van der Waals surface area contributed by atoms with Crippen molar-refractivity contribution in [3.8, 4) is 23.1 Å². The molecule has 0 saturated heterocycles. The summed E-state index contributed by atoms with van der Waals surface area (Å²) in [6, 6.07) is 27.2. The number of rotatable bonds is 9. The van der Waals surface area contributed by atoms with Crippen molar-refractivity contribution in [1.29, 1.82) is 0 Å². The van der Waals surface area contributed by atoms with Crippen LogP contribution in [0.25, 0.3) is 11.6 Å². The SMILES string of the molecule is O=C(NCc1ccc2c(c1)OCO2)c1ccccc1CSc1nnc(-c2ccco2)n1Cc1ccccc1. The lowest BCUT2D eigenvalue weighted by atomic mass is 10.1. The largest absolute Gasteiger partial charge is 0.461 e. The molecule has 3 heterocycles. The van der Waals surface area contributed by atoms with Crippen molar-refractivity contribution in [3.63, 3.8) is 0 Å². The molecule has 5 aromatic rings. The van der Waals surface area contributed by atoms with E-state index in [0.717, 1.165) is 27.6 Å². The molecule has 0 saturated carbocycles. The van der Waals surface area contributed by atoms with Crippen molar-refractivity contribution in [2.24, 2.45) is 0 Å². The molecule has 190 valence electrons. The number of furan rings is 1. The van der Waals surface area contributed by atoms with Gasteiger partial charge >= 0.3 is 0 Å². The quantitative estimate of drug-likeness (QED) is 0.253. The number of nitrogens with one attached hydrogen (secondary N) is 1. The first-order valence-electron chi connectivity index (χ1n) is 12.1. The molecule has 2 aromatic heterocycles. The van der Waals surface area contributed by atoms with Crippen molar-refractivity contribution in [2.45, 2.75) is 24.0 Å². The molecule has 6 rings (SSSR count). The van der Waals surface area contributed by atoms with Crippen LogP contribution in [0.4, 0.5) is 0 Å². The summed E-state index contributed by atoms with van der Waals surface area (Å²) in [6.07, 6.45) is 1.63. The summed E-state index contributed by atoms with van der Waals surface area (Å²) in [5.41, 5.74) is 3.61. The Kier molecular flexibility index (Phi) is 6.82. The molecular weight excluding hydrogens is 500 g/mol. The van der Waals surface area contributed by atoms with E-state index in [1.807, 2.05) is 77.4 Å². The Hall–Kier alpha value is -4.50. The fraction of sp³-hybridized carbons (Fsp3) is 0.138. The highest BCUT2D eigenvalue weighted by Gasteiger charge is 2.19. The van der Waals surface area contributed by atoms with Crippen molar-refractivity contribution in [3.05, 3.63) is 113 Å². The molecule has 0 aliphatic carbocycles. The van der Waals surface area contributed by atoms with Gasteiger partial charge in [-0.25, -0.2) is 0 Å². The van der Waals surface area contributed by atoms with E-state index in [-0.39, 0.29) is 12.7 Å². The Morgan fingerprint density at radius 2 is 1.74 bits per heavy atom. The normalized spacial score (nSPS) is 12.0. The average Bonchev–Trinajstić information content (AvgIpc) is 3.72. The van der Waals surface area contributed by atoms with Gasteiger partial charge in [0, 0.05) is 17.9 Å². The zero-order chi connectivity index (χ0) is 25.7. The lowest BCUT2D eigenvalue weighted by Crippen LogP contribution is -2.23. The lowest BCUT2D eigenvalue weighted by molar-refractivity contribution is 0.0950. The zero-order valence-corrected chi connectivity index (χ0v) is 21.2. The maximum Gasteiger partial charge on any atom is 0.251 e.